The van der Waals surface area contributed by atoms with Gasteiger partial charge in [0.25, 0.3) is 0 Å². The molecule has 34 heavy (non-hydrogen) atoms. The molecule has 184 valence electrons. The molecule has 0 bridgehead atoms. The monoisotopic (exact) mass is 496 g/mol. The summed E-state index contributed by atoms with van der Waals surface area (Å²) in [4.78, 5) is 4.59. The number of halogens is 3. The van der Waals surface area contributed by atoms with Gasteiger partial charge < -0.3 is 14.6 Å². The van der Waals surface area contributed by atoms with Crippen LogP contribution in [0.1, 0.15) is 46.1 Å². The molecule has 1 aliphatic carbocycles. The van der Waals surface area contributed by atoms with E-state index in [2.05, 4.69) is 40.4 Å². The minimum Gasteiger partial charge on any atom is -0.406 e. The summed E-state index contributed by atoms with van der Waals surface area (Å²) in [6, 6.07) is 10.0. The van der Waals surface area contributed by atoms with E-state index in [1.165, 1.54) is 36.4 Å². The number of alkyl halides is 3. The Morgan fingerprint density at radius 1 is 1.15 bits per heavy atom. The predicted molar refractivity (Wildman–Crippen MR) is 123 cm³/mol. The lowest BCUT2D eigenvalue weighted by molar-refractivity contribution is -0.274. The Bertz CT molecular complexity index is 1300. The highest BCUT2D eigenvalue weighted by atomic mass is 32.2. The smallest absolute Gasteiger partial charge is 0.406 e. The van der Waals surface area contributed by atoms with Gasteiger partial charge in [-0.1, -0.05) is 20.8 Å². The highest BCUT2D eigenvalue weighted by molar-refractivity contribution is 7.89. The lowest BCUT2D eigenvalue weighted by Gasteiger charge is -2.40. The topological polar surface area (TPSA) is 99.2 Å². The van der Waals surface area contributed by atoms with Gasteiger partial charge in [-0.15, -0.1) is 13.2 Å². The van der Waals surface area contributed by atoms with Crippen molar-refractivity contribution >= 4 is 32.7 Å². The zero-order valence-electron chi connectivity index (χ0n) is 19.1. The maximum absolute atomic E-state index is 12.5. The van der Waals surface area contributed by atoms with E-state index < -0.39 is 16.4 Å². The van der Waals surface area contributed by atoms with Crippen molar-refractivity contribution in [1.82, 2.24) is 9.55 Å². The maximum atomic E-state index is 12.5. The molecule has 2 aromatic carbocycles. The van der Waals surface area contributed by atoms with Crippen LogP contribution in [0.4, 0.5) is 24.8 Å². The molecule has 1 saturated carbocycles. The van der Waals surface area contributed by atoms with Crippen LogP contribution >= 0.6 is 0 Å². The summed E-state index contributed by atoms with van der Waals surface area (Å²) < 4.78 is 67.1. The van der Waals surface area contributed by atoms with Gasteiger partial charge in [0.2, 0.25) is 16.0 Å². The molecule has 1 aliphatic rings. The molecule has 7 nitrogen and oxygen atoms in total. The van der Waals surface area contributed by atoms with Crippen molar-refractivity contribution in [3.63, 3.8) is 0 Å². The van der Waals surface area contributed by atoms with E-state index in [0.717, 1.165) is 24.8 Å². The molecule has 0 amide bonds. The Labute approximate surface area is 196 Å². The van der Waals surface area contributed by atoms with Crippen molar-refractivity contribution in [2.24, 2.45) is 16.5 Å². The molecule has 1 fully saturated rings. The molecule has 1 heterocycles. The Morgan fingerprint density at radius 3 is 2.41 bits per heavy atom. The SMILES string of the molecule is C[C@H]1C[C@@H](n2c(Nc3ccc(OC(F)(F)F)cc3)nc3cc(S(N)(=O)=O)ccc32)CC(C)(C)C1. The lowest BCUT2D eigenvalue weighted by atomic mass is 9.70. The number of benzene rings is 2. The quantitative estimate of drug-likeness (QED) is 0.471. The third kappa shape index (κ3) is 5.47. The van der Waals surface area contributed by atoms with E-state index in [1.54, 1.807) is 6.07 Å². The Hall–Kier alpha value is -2.79. The summed E-state index contributed by atoms with van der Waals surface area (Å²) in [6.45, 7) is 6.65. The fourth-order valence-electron chi connectivity index (χ4n) is 5.07. The minimum atomic E-state index is -4.77. The molecule has 2 atom stereocenters. The average molecular weight is 497 g/mol. The molecule has 0 unspecified atom stereocenters. The van der Waals surface area contributed by atoms with E-state index in [0.29, 0.717) is 23.1 Å². The number of hydrogen-bond donors (Lipinski definition) is 2. The molecule has 0 spiro atoms. The Kier molecular flexibility index (Phi) is 6.05. The van der Waals surface area contributed by atoms with Crippen molar-refractivity contribution in [2.45, 2.75) is 57.3 Å². The van der Waals surface area contributed by atoms with Gasteiger partial charge in [0.05, 0.1) is 15.9 Å². The molecule has 3 aromatic rings. The maximum Gasteiger partial charge on any atom is 0.573 e. The molecular weight excluding hydrogens is 469 g/mol. The van der Waals surface area contributed by atoms with Crippen molar-refractivity contribution in [3.8, 4) is 5.75 Å². The number of sulfonamides is 1. The number of primary sulfonamides is 1. The first-order valence-corrected chi connectivity index (χ1v) is 12.4. The van der Waals surface area contributed by atoms with Gasteiger partial charge >= 0.3 is 6.36 Å². The number of hydrogen-bond acceptors (Lipinski definition) is 5. The first-order chi connectivity index (χ1) is 15.7. The second-order valence-corrected chi connectivity index (χ2v) is 11.3. The van der Waals surface area contributed by atoms with Crippen molar-refractivity contribution in [3.05, 3.63) is 42.5 Å². The summed E-state index contributed by atoms with van der Waals surface area (Å²) in [7, 11) is -3.90. The first-order valence-electron chi connectivity index (χ1n) is 10.9. The van der Waals surface area contributed by atoms with Crippen LogP contribution in [-0.4, -0.2) is 24.3 Å². The third-order valence-corrected chi connectivity index (χ3v) is 6.97. The number of nitrogens with zero attached hydrogens (tertiary/aromatic N) is 2. The highest BCUT2D eigenvalue weighted by Crippen LogP contribution is 2.46. The molecule has 4 rings (SSSR count). The van der Waals surface area contributed by atoms with E-state index in [9.17, 15) is 21.6 Å². The second-order valence-electron chi connectivity index (χ2n) is 9.77. The number of rotatable bonds is 5. The molecule has 0 radical (unpaired) electrons. The zero-order chi connectivity index (χ0) is 24.9. The van der Waals surface area contributed by atoms with Gasteiger partial charge in [-0.05, 0) is 73.1 Å². The number of ether oxygens (including phenoxy) is 1. The van der Waals surface area contributed by atoms with Crippen LogP contribution < -0.4 is 15.2 Å². The number of anilines is 2. The van der Waals surface area contributed by atoms with Crippen LogP contribution in [0, 0.1) is 11.3 Å². The molecular formula is C23H27F3N4O3S. The fourth-order valence-corrected chi connectivity index (χ4v) is 5.61. The highest BCUT2D eigenvalue weighted by Gasteiger charge is 2.35. The van der Waals surface area contributed by atoms with E-state index in [-0.39, 0.29) is 22.1 Å². The molecule has 11 heteroatoms. The van der Waals surface area contributed by atoms with Gasteiger partial charge in [0, 0.05) is 11.7 Å². The van der Waals surface area contributed by atoms with Crippen LogP contribution in [0.15, 0.2) is 47.4 Å². The van der Waals surface area contributed by atoms with E-state index >= 15 is 0 Å². The Balaban J connectivity index is 1.76. The molecule has 3 N–H and O–H groups in total. The lowest BCUT2D eigenvalue weighted by Crippen LogP contribution is -2.29. The van der Waals surface area contributed by atoms with Gasteiger partial charge in [-0.2, -0.15) is 0 Å². The number of nitrogens with two attached hydrogens (primary N) is 1. The first kappa shape index (κ1) is 24.3. The summed E-state index contributed by atoms with van der Waals surface area (Å²) in [6.07, 6.45) is -1.87. The number of aromatic nitrogens is 2. The number of fused-ring (bicyclic) bond motifs is 1. The number of imidazole rings is 1. The van der Waals surface area contributed by atoms with Crippen LogP contribution in [0.5, 0.6) is 5.75 Å². The van der Waals surface area contributed by atoms with Gasteiger partial charge in [-0.25, -0.2) is 18.5 Å². The summed E-state index contributed by atoms with van der Waals surface area (Å²) >= 11 is 0. The summed E-state index contributed by atoms with van der Waals surface area (Å²) in [5.74, 6) is 0.620. The van der Waals surface area contributed by atoms with Crippen LogP contribution in [0.3, 0.4) is 0 Å². The van der Waals surface area contributed by atoms with Gasteiger partial charge in [0.15, 0.2) is 0 Å². The van der Waals surface area contributed by atoms with Crippen molar-refractivity contribution in [2.75, 3.05) is 5.32 Å². The number of nitrogens with one attached hydrogen (secondary N) is 1. The minimum absolute atomic E-state index is 0.0396. The van der Waals surface area contributed by atoms with Crippen LogP contribution in [0.2, 0.25) is 0 Å². The van der Waals surface area contributed by atoms with Gasteiger partial charge in [-0.3, -0.25) is 0 Å². The summed E-state index contributed by atoms with van der Waals surface area (Å²) in [5, 5.41) is 8.48. The van der Waals surface area contributed by atoms with Crippen molar-refractivity contribution < 1.29 is 26.3 Å². The second kappa shape index (κ2) is 8.46. The standard InChI is InChI=1S/C23H27F3N4O3S/c1-14-10-16(13-22(2,3)12-14)30-20-9-8-18(34(27,31)32)11-19(20)29-21(30)28-15-4-6-17(7-5-15)33-23(24,25)26/h4-9,11,14,16H,10,12-13H2,1-3H3,(H,28,29)(H2,27,31,32)/t14-,16+/m0/s1. The largest absolute Gasteiger partial charge is 0.573 e. The zero-order valence-corrected chi connectivity index (χ0v) is 19.9. The molecule has 1 aromatic heterocycles. The predicted octanol–water partition coefficient (Wildman–Crippen LogP) is 5.71. The summed E-state index contributed by atoms with van der Waals surface area (Å²) in [5.41, 5.74) is 1.83. The van der Waals surface area contributed by atoms with Crippen molar-refractivity contribution in [1.29, 1.82) is 0 Å². The normalized spacial score (nSPS) is 20.9. The van der Waals surface area contributed by atoms with E-state index in [1.807, 2.05) is 0 Å². The fraction of sp³-hybridized carbons (Fsp3) is 0.435. The average Bonchev–Trinajstić information content (AvgIpc) is 3.03. The van der Waals surface area contributed by atoms with Gasteiger partial charge in [0.1, 0.15) is 5.75 Å². The molecule has 0 aliphatic heterocycles. The third-order valence-electron chi connectivity index (χ3n) is 6.06. The van der Waals surface area contributed by atoms with Crippen LogP contribution in [-0.2, 0) is 10.0 Å². The Morgan fingerprint density at radius 2 is 1.82 bits per heavy atom. The molecule has 0 saturated heterocycles. The van der Waals surface area contributed by atoms with Crippen LogP contribution in [0.25, 0.3) is 11.0 Å². The van der Waals surface area contributed by atoms with E-state index in [4.69, 9.17) is 5.14 Å².